The van der Waals surface area contributed by atoms with Crippen LogP contribution in [-0.2, 0) is 12.4 Å². The Hall–Kier alpha value is -1.32. The molecule has 0 aliphatic carbocycles. The van der Waals surface area contributed by atoms with Crippen LogP contribution in [0.2, 0.25) is 0 Å². The van der Waals surface area contributed by atoms with Crippen LogP contribution in [0.3, 0.4) is 0 Å². The lowest BCUT2D eigenvalue weighted by atomic mass is 10.1. The van der Waals surface area contributed by atoms with Gasteiger partial charge in [0.1, 0.15) is 3.70 Å². The van der Waals surface area contributed by atoms with E-state index in [0.29, 0.717) is 0 Å². The van der Waals surface area contributed by atoms with Crippen LogP contribution in [0.4, 0.5) is 26.3 Å². The van der Waals surface area contributed by atoms with E-state index in [1.54, 1.807) is 22.6 Å². The Bertz CT molecular complexity index is 645. The van der Waals surface area contributed by atoms with E-state index in [0.717, 1.165) is 36.4 Å². The minimum absolute atomic E-state index is 0.0250. The number of alkyl halides is 6. The van der Waals surface area contributed by atoms with Crippen molar-refractivity contribution < 1.29 is 26.3 Å². The maximum absolute atomic E-state index is 12.7. The summed E-state index contributed by atoms with van der Waals surface area (Å²) >= 11 is 1.63. The molecule has 0 spiro atoms. The average molecular weight is 417 g/mol. The lowest BCUT2D eigenvalue weighted by molar-refractivity contribution is -0.138. The van der Waals surface area contributed by atoms with Gasteiger partial charge in [-0.05, 0) is 46.9 Å². The Morgan fingerprint density at radius 3 is 1.76 bits per heavy atom. The van der Waals surface area contributed by atoms with Gasteiger partial charge in [0.15, 0.2) is 0 Å². The number of pyridine rings is 1. The second-order valence-electron chi connectivity index (χ2n) is 4.14. The van der Waals surface area contributed by atoms with Crippen LogP contribution in [0.1, 0.15) is 11.1 Å². The zero-order chi connectivity index (χ0) is 15.8. The van der Waals surface area contributed by atoms with Crippen LogP contribution in [0, 0.1) is 3.70 Å². The summed E-state index contributed by atoms with van der Waals surface area (Å²) < 4.78 is 75.5. The quantitative estimate of drug-likeness (QED) is 0.345. The van der Waals surface area contributed by atoms with Crippen LogP contribution >= 0.6 is 22.6 Å². The van der Waals surface area contributed by atoms with Crippen molar-refractivity contribution >= 4 is 22.6 Å². The minimum Gasteiger partial charge on any atom is -0.242 e. The summed E-state index contributed by atoms with van der Waals surface area (Å²) in [5, 5.41) is 0. The zero-order valence-corrected chi connectivity index (χ0v) is 12.2. The first kappa shape index (κ1) is 16.1. The third-order valence-electron chi connectivity index (χ3n) is 2.63. The SMILES string of the molecule is FC(F)(F)c1ccc(-c2cc(C(F)(F)F)cc(I)n2)cc1. The molecule has 0 fully saturated rings. The lowest BCUT2D eigenvalue weighted by Gasteiger charge is -2.10. The number of hydrogen-bond acceptors (Lipinski definition) is 1. The van der Waals surface area contributed by atoms with Gasteiger partial charge in [-0.2, -0.15) is 26.3 Å². The molecular formula is C13H6F6IN. The van der Waals surface area contributed by atoms with Gasteiger partial charge in [0, 0.05) is 5.56 Å². The Morgan fingerprint density at radius 1 is 0.762 bits per heavy atom. The number of nitrogens with zero attached hydrogens (tertiary/aromatic N) is 1. The summed E-state index contributed by atoms with van der Waals surface area (Å²) in [7, 11) is 0. The molecule has 0 aliphatic heterocycles. The molecule has 0 radical (unpaired) electrons. The molecule has 2 rings (SSSR count). The van der Waals surface area contributed by atoms with Crippen molar-refractivity contribution in [2.45, 2.75) is 12.4 Å². The Labute approximate surface area is 129 Å². The van der Waals surface area contributed by atoms with Gasteiger partial charge >= 0.3 is 12.4 Å². The number of halogens is 7. The molecule has 1 heterocycles. The van der Waals surface area contributed by atoms with Gasteiger partial charge < -0.3 is 0 Å². The van der Waals surface area contributed by atoms with Crippen molar-refractivity contribution in [1.82, 2.24) is 4.98 Å². The Morgan fingerprint density at radius 2 is 1.29 bits per heavy atom. The van der Waals surface area contributed by atoms with E-state index in [4.69, 9.17) is 0 Å². The number of benzene rings is 1. The van der Waals surface area contributed by atoms with Crippen LogP contribution in [-0.4, -0.2) is 4.98 Å². The first-order valence-electron chi connectivity index (χ1n) is 5.50. The van der Waals surface area contributed by atoms with Gasteiger partial charge in [-0.25, -0.2) is 4.98 Å². The molecule has 0 amide bonds. The summed E-state index contributed by atoms with van der Waals surface area (Å²) in [6, 6.07) is 5.50. The van der Waals surface area contributed by atoms with Gasteiger partial charge in [-0.1, -0.05) is 12.1 Å². The average Bonchev–Trinajstić information content (AvgIpc) is 2.36. The van der Waals surface area contributed by atoms with Gasteiger partial charge in [0.2, 0.25) is 0 Å². The van der Waals surface area contributed by atoms with E-state index in [9.17, 15) is 26.3 Å². The van der Waals surface area contributed by atoms with Crippen LogP contribution < -0.4 is 0 Å². The molecule has 0 saturated heterocycles. The molecule has 0 atom stereocenters. The lowest BCUT2D eigenvalue weighted by Crippen LogP contribution is -2.07. The highest BCUT2D eigenvalue weighted by atomic mass is 127. The second-order valence-corrected chi connectivity index (χ2v) is 5.24. The van der Waals surface area contributed by atoms with E-state index in [-0.39, 0.29) is 15.0 Å². The number of hydrogen-bond donors (Lipinski definition) is 0. The molecule has 0 N–H and O–H groups in total. The first-order chi connectivity index (χ1) is 9.57. The van der Waals surface area contributed by atoms with Crippen molar-refractivity contribution in [3.63, 3.8) is 0 Å². The monoisotopic (exact) mass is 417 g/mol. The maximum Gasteiger partial charge on any atom is 0.416 e. The standard InChI is InChI=1S/C13H6F6IN/c14-12(15,16)8-3-1-7(2-4-8)10-5-9(13(17,18)19)6-11(20)21-10/h1-6H. The highest BCUT2D eigenvalue weighted by Crippen LogP contribution is 2.34. The fourth-order valence-electron chi connectivity index (χ4n) is 1.64. The molecule has 0 bridgehead atoms. The zero-order valence-electron chi connectivity index (χ0n) is 10.1. The minimum atomic E-state index is -4.54. The topological polar surface area (TPSA) is 12.9 Å². The number of aromatic nitrogens is 1. The molecule has 2 aromatic rings. The summed E-state index contributed by atoms with van der Waals surface area (Å²) in [4.78, 5) is 3.91. The van der Waals surface area contributed by atoms with Crippen molar-refractivity contribution in [3.05, 3.63) is 51.2 Å². The van der Waals surface area contributed by atoms with Crippen molar-refractivity contribution in [2.75, 3.05) is 0 Å². The Kier molecular flexibility index (Phi) is 4.18. The smallest absolute Gasteiger partial charge is 0.242 e. The highest BCUT2D eigenvalue weighted by molar-refractivity contribution is 14.1. The molecule has 1 nitrogen and oxygen atoms in total. The van der Waals surface area contributed by atoms with Gasteiger partial charge in [0.05, 0.1) is 16.8 Å². The van der Waals surface area contributed by atoms with Gasteiger partial charge in [-0.3, -0.25) is 0 Å². The second kappa shape index (κ2) is 5.47. The van der Waals surface area contributed by atoms with E-state index >= 15 is 0 Å². The van der Waals surface area contributed by atoms with E-state index < -0.39 is 23.5 Å². The van der Waals surface area contributed by atoms with E-state index in [1.165, 1.54) is 0 Å². The van der Waals surface area contributed by atoms with Gasteiger partial charge in [0.25, 0.3) is 0 Å². The molecule has 21 heavy (non-hydrogen) atoms. The Balaban J connectivity index is 2.45. The third kappa shape index (κ3) is 3.86. The first-order valence-corrected chi connectivity index (χ1v) is 6.57. The summed E-state index contributed by atoms with van der Waals surface area (Å²) in [5.74, 6) is 0. The van der Waals surface area contributed by atoms with E-state index in [1.807, 2.05) is 0 Å². The highest BCUT2D eigenvalue weighted by Gasteiger charge is 2.32. The fraction of sp³-hybridized carbons (Fsp3) is 0.154. The molecule has 1 aromatic carbocycles. The van der Waals surface area contributed by atoms with Gasteiger partial charge in [-0.15, -0.1) is 0 Å². The summed E-state index contributed by atoms with van der Waals surface area (Å²) in [6.07, 6.45) is -9.03. The van der Waals surface area contributed by atoms with Crippen LogP contribution in [0.15, 0.2) is 36.4 Å². The van der Waals surface area contributed by atoms with Crippen molar-refractivity contribution in [3.8, 4) is 11.3 Å². The van der Waals surface area contributed by atoms with Crippen molar-refractivity contribution in [1.29, 1.82) is 0 Å². The number of rotatable bonds is 1. The molecule has 1 aromatic heterocycles. The van der Waals surface area contributed by atoms with Crippen LogP contribution in [0.25, 0.3) is 11.3 Å². The predicted molar refractivity (Wildman–Crippen MR) is 72.4 cm³/mol. The van der Waals surface area contributed by atoms with E-state index in [2.05, 4.69) is 4.98 Å². The molecule has 112 valence electrons. The molecule has 0 saturated carbocycles. The normalized spacial score (nSPS) is 12.5. The fourth-order valence-corrected chi connectivity index (χ4v) is 2.23. The molecule has 0 unspecified atom stereocenters. The third-order valence-corrected chi connectivity index (χ3v) is 3.18. The summed E-state index contributed by atoms with van der Waals surface area (Å²) in [5.41, 5.74) is -1.60. The molecule has 0 aliphatic rings. The maximum atomic E-state index is 12.7. The molecule has 8 heteroatoms. The summed E-state index contributed by atoms with van der Waals surface area (Å²) in [6.45, 7) is 0. The van der Waals surface area contributed by atoms with Crippen LogP contribution in [0.5, 0.6) is 0 Å². The predicted octanol–water partition coefficient (Wildman–Crippen LogP) is 5.39. The molecular weight excluding hydrogens is 411 g/mol. The van der Waals surface area contributed by atoms with Crippen molar-refractivity contribution in [2.24, 2.45) is 0 Å². The largest absolute Gasteiger partial charge is 0.416 e.